The van der Waals surface area contributed by atoms with E-state index in [0.717, 1.165) is 43.8 Å². The first-order valence-electron chi connectivity index (χ1n) is 16.3. The number of pyridine rings is 2. The smallest absolute Gasteiger partial charge is 0.120 e. The molecule has 0 spiro atoms. The normalized spacial score (nSPS) is 15.6. The maximum atomic E-state index is 6.33. The Balaban J connectivity index is 0.000000178. The van der Waals surface area contributed by atoms with Gasteiger partial charge in [0.2, 0.25) is 0 Å². The van der Waals surface area contributed by atoms with Crippen molar-refractivity contribution in [3.63, 3.8) is 0 Å². The van der Waals surface area contributed by atoms with Gasteiger partial charge >= 0.3 is 0 Å². The summed E-state index contributed by atoms with van der Waals surface area (Å²) in [6.45, 7) is 0. The second-order valence-electron chi connectivity index (χ2n) is 12.4. The fourth-order valence-electron chi connectivity index (χ4n) is 7.21. The molecule has 9 rings (SSSR count). The molecule has 4 nitrogen and oxygen atoms in total. The van der Waals surface area contributed by atoms with E-state index in [1.807, 2.05) is 42.6 Å². The maximum absolute atomic E-state index is 6.33. The third-order valence-electron chi connectivity index (χ3n) is 9.64. The van der Waals surface area contributed by atoms with Crippen LogP contribution in [-0.4, -0.2) is 14.3 Å². The topological polar surface area (TPSA) is 51.8 Å². The van der Waals surface area contributed by atoms with Crippen LogP contribution in [0.15, 0.2) is 95.8 Å². The van der Waals surface area contributed by atoms with Crippen molar-refractivity contribution < 1.29 is 24.5 Å². The molecule has 0 N–H and O–H groups in total. The number of benzene rings is 3. The number of hydrogen-bond acceptors (Lipinski definition) is 5. The van der Waals surface area contributed by atoms with Gasteiger partial charge in [-0.3, -0.25) is 4.98 Å². The Morgan fingerprint density at radius 3 is 2.30 bits per heavy atom. The zero-order chi connectivity index (χ0) is 30.0. The first-order chi connectivity index (χ1) is 22.3. The van der Waals surface area contributed by atoms with Crippen molar-refractivity contribution in [3.8, 4) is 22.5 Å². The van der Waals surface area contributed by atoms with E-state index in [1.54, 1.807) is 6.20 Å². The molecule has 1 radical (unpaired) electrons. The van der Waals surface area contributed by atoms with Gasteiger partial charge in [0.05, 0.1) is 5.58 Å². The minimum atomic E-state index is 0. The summed E-state index contributed by atoms with van der Waals surface area (Å²) in [6.07, 6.45) is 17.8. The molecule has 233 valence electrons. The van der Waals surface area contributed by atoms with Gasteiger partial charge in [0.15, 0.2) is 0 Å². The maximum Gasteiger partial charge on any atom is 0.120 e. The Labute approximate surface area is 287 Å². The van der Waals surface area contributed by atoms with Gasteiger partial charge in [-0.15, -0.1) is 54.1 Å². The Kier molecular flexibility index (Phi) is 9.39. The Morgan fingerprint density at radius 1 is 0.717 bits per heavy atom. The van der Waals surface area contributed by atoms with Crippen molar-refractivity contribution in [1.82, 2.24) is 14.3 Å². The Morgan fingerprint density at radius 2 is 1.52 bits per heavy atom. The van der Waals surface area contributed by atoms with E-state index in [0.29, 0.717) is 11.8 Å². The van der Waals surface area contributed by atoms with Crippen molar-refractivity contribution in [2.75, 3.05) is 0 Å². The average Bonchev–Trinajstić information content (AvgIpc) is 3.88. The molecule has 4 heterocycles. The first-order valence-corrected chi connectivity index (χ1v) is 17.1. The molecule has 6 heteroatoms. The van der Waals surface area contributed by atoms with Crippen LogP contribution in [-0.2, 0) is 20.1 Å². The van der Waals surface area contributed by atoms with Crippen LogP contribution >= 0.6 is 11.5 Å². The molecular weight excluding hydrogens is 763 g/mol. The fourth-order valence-corrected chi connectivity index (χ4v) is 7.97. The standard InChI is InChI=1S/C28H28NO.C12H7N2S.Ir/c1-2-7-20(8-3-1)22-13-15-26(29-18-22)24-12-6-11-23-25-17-21(19-9-4-5-10-19)14-16-27(25)30-28(23)24;1-2-4-9(5-3-1)12-10-8-13-7-6-11(10)15-14-12;/h6,11,13-20H,1-5,7-10H2;1-4,6-8H;/q2*-1;. The van der Waals surface area contributed by atoms with E-state index in [4.69, 9.17) is 9.40 Å². The van der Waals surface area contributed by atoms with Crippen molar-refractivity contribution >= 4 is 43.6 Å². The first kappa shape index (κ1) is 30.9. The van der Waals surface area contributed by atoms with Gasteiger partial charge < -0.3 is 9.40 Å². The van der Waals surface area contributed by atoms with Gasteiger partial charge in [-0.2, -0.15) is 0 Å². The van der Waals surface area contributed by atoms with Gasteiger partial charge in [0.25, 0.3) is 0 Å². The molecule has 0 aliphatic heterocycles. The van der Waals surface area contributed by atoms with Crippen LogP contribution in [0.5, 0.6) is 0 Å². The monoisotopic (exact) mass is 798 g/mol. The second kappa shape index (κ2) is 14.0. The molecule has 2 saturated carbocycles. The zero-order valence-electron chi connectivity index (χ0n) is 25.7. The molecule has 46 heavy (non-hydrogen) atoms. The average molecular weight is 798 g/mol. The molecule has 7 aromatic rings. The summed E-state index contributed by atoms with van der Waals surface area (Å²) >= 11 is 1.50. The summed E-state index contributed by atoms with van der Waals surface area (Å²) in [6, 6.07) is 31.8. The summed E-state index contributed by atoms with van der Waals surface area (Å²) in [7, 11) is 0. The molecular formula is C40H35IrN3OS-2. The van der Waals surface area contributed by atoms with Crippen LogP contribution in [0.1, 0.15) is 80.8 Å². The largest absolute Gasteiger partial charge is 0.501 e. The third-order valence-corrected chi connectivity index (χ3v) is 10.5. The van der Waals surface area contributed by atoms with Crippen LogP contribution in [0.2, 0.25) is 0 Å². The predicted octanol–water partition coefficient (Wildman–Crippen LogP) is 11.3. The molecule has 2 aliphatic rings. The molecule has 2 aliphatic carbocycles. The minimum absolute atomic E-state index is 0. The summed E-state index contributed by atoms with van der Waals surface area (Å²) in [5.74, 6) is 1.39. The molecule has 4 aromatic heterocycles. The summed E-state index contributed by atoms with van der Waals surface area (Å²) in [4.78, 5) is 8.96. The molecule has 0 amide bonds. The van der Waals surface area contributed by atoms with E-state index in [9.17, 15) is 0 Å². The Hall–Kier alpha value is -3.70. The van der Waals surface area contributed by atoms with Gasteiger partial charge in [-0.25, -0.2) is 4.37 Å². The van der Waals surface area contributed by atoms with E-state index >= 15 is 0 Å². The quantitative estimate of drug-likeness (QED) is 0.166. The summed E-state index contributed by atoms with van der Waals surface area (Å²) in [5, 5.41) is 3.50. The summed E-state index contributed by atoms with van der Waals surface area (Å²) in [5.41, 5.74) is 8.65. The van der Waals surface area contributed by atoms with Crippen LogP contribution < -0.4 is 0 Å². The number of hydrogen-bond donors (Lipinski definition) is 0. The van der Waals surface area contributed by atoms with Gasteiger partial charge in [0, 0.05) is 54.5 Å². The second-order valence-corrected chi connectivity index (χ2v) is 13.2. The zero-order valence-corrected chi connectivity index (χ0v) is 28.9. The summed E-state index contributed by atoms with van der Waals surface area (Å²) < 4.78 is 11.9. The van der Waals surface area contributed by atoms with Crippen LogP contribution in [0, 0.1) is 12.1 Å². The molecule has 0 saturated heterocycles. The predicted molar refractivity (Wildman–Crippen MR) is 185 cm³/mol. The fraction of sp³-hybridized carbons (Fsp3) is 0.275. The molecule has 0 unspecified atom stereocenters. The molecule has 2 fully saturated rings. The number of rotatable bonds is 4. The van der Waals surface area contributed by atoms with Crippen LogP contribution in [0.4, 0.5) is 0 Å². The number of furan rings is 1. The van der Waals surface area contributed by atoms with Crippen molar-refractivity contribution in [2.45, 2.75) is 69.6 Å². The van der Waals surface area contributed by atoms with E-state index in [2.05, 4.69) is 64.1 Å². The third kappa shape index (κ3) is 6.19. The van der Waals surface area contributed by atoms with E-state index in [1.165, 1.54) is 91.2 Å². The van der Waals surface area contributed by atoms with Crippen molar-refractivity contribution in [1.29, 1.82) is 0 Å². The number of aromatic nitrogens is 3. The van der Waals surface area contributed by atoms with E-state index in [-0.39, 0.29) is 20.1 Å². The minimum Gasteiger partial charge on any atom is -0.501 e. The molecule has 0 atom stereocenters. The number of fused-ring (bicyclic) bond motifs is 4. The van der Waals surface area contributed by atoms with Gasteiger partial charge in [-0.1, -0.05) is 61.3 Å². The molecule has 3 aromatic carbocycles. The number of nitrogens with zero attached hydrogens (tertiary/aromatic N) is 3. The van der Waals surface area contributed by atoms with Gasteiger partial charge in [0.1, 0.15) is 5.58 Å². The van der Waals surface area contributed by atoms with Crippen LogP contribution in [0.3, 0.4) is 0 Å². The van der Waals surface area contributed by atoms with Gasteiger partial charge in [-0.05, 0) is 89.5 Å². The van der Waals surface area contributed by atoms with E-state index < -0.39 is 0 Å². The van der Waals surface area contributed by atoms with Crippen LogP contribution in [0.25, 0.3) is 54.5 Å². The Bertz CT molecular complexity index is 2060. The van der Waals surface area contributed by atoms with Crippen molar-refractivity contribution in [2.24, 2.45) is 0 Å². The van der Waals surface area contributed by atoms with Crippen molar-refractivity contribution in [3.05, 3.63) is 115 Å². The molecule has 0 bridgehead atoms. The SMILES string of the molecule is [Ir].[c-]1ccc2c(oc3ccc(C4CCCC4)cc32)c1-c1ccc(C2CCCCC2)cn1.[c-]1ccccc1-c1nsc2ccncc12.